The zero-order valence-electron chi connectivity index (χ0n) is 16.8. The topological polar surface area (TPSA) is 63.6 Å². The number of hydrogen-bond donors (Lipinski definition) is 1. The van der Waals surface area contributed by atoms with Crippen LogP contribution < -0.4 is 15.6 Å². The van der Waals surface area contributed by atoms with E-state index in [1.165, 1.54) is 6.07 Å². The van der Waals surface area contributed by atoms with E-state index in [0.29, 0.717) is 18.2 Å². The Morgan fingerprint density at radius 2 is 2.14 bits per heavy atom. The van der Waals surface area contributed by atoms with Crippen LogP contribution in [0, 0.1) is 11.7 Å². The van der Waals surface area contributed by atoms with E-state index in [2.05, 4.69) is 17.1 Å². The number of anilines is 1. The van der Waals surface area contributed by atoms with Crippen LogP contribution in [0.5, 0.6) is 0 Å². The van der Waals surface area contributed by atoms with Gasteiger partial charge in [-0.05, 0) is 38.2 Å². The molecule has 1 saturated heterocycles. The van der Waals surface area contributed by atoms with Crippen LogP contribution in [0.4, 0.5) is 10.1 Å². The Kier molecular flexibility index (Phi) is 4.38. The number of halogens is 1. The molecule has 2 atom stereocenters. The maximum Gasteiger partial charge on any atom is 0.343 e. The quantitative estimate of drug-likeness (QED) is 0.804. The minimum atomic E-state index is -0.643. The normalized spacial score (nSPS) is 23.6. The predicted molar refractivity (Wildman–Crippen MR) is 109 cm³/mol. The average Bonchev–Trinajstić information content (AvgIpc) is 3.47. The summed E-state index contributed by atoms with van der Waals surface area (Å²) in [6.07, 6.45) is 4.64. The summed E-state index contributed by atoms with van der Waals surface area (Å²) in [5, 5.41) is 3.73. The van der Waals surface area contributed by atoms with Crippen molar-refractivity contribution in [2.24, 2.45) is 5.92 Å². The fourth-order valence-electron chi connectivity index (χ4n) is 5.01. The molecule has 1 aromatic heterocycles. The Morgan fingerprint density at radius 1 is 1.34 bits per heavy atom. The van der Waals surface area contributed by atoms with Crippen molar-refractivity contribution in [2.45, 2.75) is 51.7 Å². The number of ether oxygens (including phenoxy) is 1. The molecule has 2 fully saturated rings. The van der Waals surface area contributed by atoms with Crippen molar-refractivity contribution in [1.29, 1.82) is 0 Å². The van der Waals surface area contributed by atoms with E-state index in [-0.39, 0.29) is 35.5 Å². The summed E-state index contributed by atoms with van der Waals surface area (Å²) in [5.74, 6) is -0.522. The molecule has 5 rings (SSSR count). The van der Waals surface area contributed by atoms with Crippen LogP contribution in [0.15, 0.2) is 17.1 Å². The molecule has 29 heavy (non-hydrogen) atoms. The van der Waals surface area contributed by atoms with Gasteiger partial charge in [-0.25, -0.2) is 9.18 Å². The molecule has 2 aliphatic heterocycles. The molecule has 0 amide bonds. The number of aromatic nitrogens is 1. The van der Waals surface area contributed by atoms with E-state index in [9.17, 15) is 9.59 Å². The van der Waals surface area contributed by atoms with Gasteiger partial charge in [0.25, 0.3) is 0 Å². The highest BCUT2D eigenvalue weighted by Gasteiger charge is 2.37. The van der Waals surface area contributed by atoms with E-state index in [0.717, 1.165) is 43.4 Å². The number of carbonyl (C=O) groups is 1. The smallest absolute Gasteiger partial charge is 0.343 e. The molecule has 3 heterocycles. The zero-order valence-corrected chi connectivity index (χ0v) is 16.8. The Balaban J connectivity index is 1.80. The summed E-state index contributed by atoms with van der Waals surface area (Å²) >= 11 is 0. The summed E-state index contributed by atoms with van der Waals surface area (Å²) in [6.45, 7) is 6.22. The van der Waals surface area contributed by atoms with Gasteiger partial charge in [0.1, 0.15) is 11.4 Å². The number of rotatable bonds is 3. The molecule has 1 saturated carbocycles. The lowest BCUT2D eigenvalue weighted by molar-refractivity contribution is 0.0524. The largest absolute Gasteiger partial charge is 0.462 e. The van der Waals surface area contributed by atoms with Gasteiger partial charge in [-0.3, -0.25) is 4.79 Å². The molecule has 1 aliphatic carbocycles. The third-order valence-electron chi connectivity index (χ3n) is 6.37. The first-order valence-corrected chi connectivity index (χ1v) is 10.5. The van der Waals surface area contributed by atoms with E-state index in [1.54, 1.807) is 13.1 Å². The standard InChI is InChI=1S/C22H26FN3O3/c1-3-29-22(28)17-11-26(13-4-5-13)19-15(21(17)27)7-18(23)20-16(19)9-24-8-14-6-12(2)10-25(14)20/h7,11-14,24H,3-6,8-10H2,1-2H3/t12-,14-/m0/s1. The number of carbonyl (C=O) groups excluding carboxylic acids is 1. The Labute approximate surface area is 168 Å². The van der Waals surface area contributed by atoms with Crippen LogP contribution in [0.25, 0.3) is 10.9 Å². The molecule has 6 nitrogen and oxygen atoms in total. The highest BCUT2D eigenvalue weighted by atomic mass is 19.1. The van der Waals surface area contributed by atoms with Gasteiger partial charge >= 0.3 is 5.97 Å². The number of benzene rings is 1. The monoisotopic (exact) mass is 399 g/mol. The van der Waals surface area contributed by atoms with Crippen LogP contribution in [0.2, 0.25) is 0 Å². The van der Waals surface area contributed by atoms with Crippen LogP contribution in [-0.4, -0.2) is 36.3 Å². The van der Waals surface area contributed by atoms with Gasteiger partial charge in [0.05, 0.1) is 17.8 Å². The number of nitrogens with zero attached hydrogens (tertiary/aromatic N) is 2. The van der Waals surface area contributed by atoms with Crippen molar-refractivity contribution in [3.63, 3.8) is 0 Å². The molecule has 3 aliphatic rings. The third kappa shape index (κ3) is 2.94. The van der Waals surface area contributed by atoms with Gasteiger partial charge in [-0.15, -0.1) is 0 Å². The third-order valence-corrected chi connectivity index (χ3v) is 6.37. The zero-order chi connectivity index (χ0) is 20.3. The van der Waals surface area contributed by atoms with Crippen molar-refractivity contribution in [2.75, 3.05) is 24.6 Å². The second kappa shape index (κ2) is 6.83. The van der Waals surface area contributed by atoms with Crippen molar-refractivity contribution in [1.82, 2.24) is 9.88 Å². The first kappa shape index (κ1) is 18.6. The summed E-state index contributed by atoms with van der Waals surface area (Å²) < 4.78 is 22.5. The van der Waals surface area contributed by atoms with Crippen molar-refractivity contribution >= 4 is 22.6 Å². The fourth-order valence-corrected chi connectivity index (χ4v) is 5.01. The Morgan fingerprint density at radius 3 is 2.86 bits per heavy atom. The number of nitrogens with one attached hydrogen (secondary N) is 1. The molecule has 0 radical (unpaired) electrons. The second-order valence-corrected chi connectivity index (χ2v) is 8.59. The summed E-state index contributed by atoms with van der Waals surface area (Å²) in [4.78, 5) is 27.7. The SMILES string of the molecule is CCOC(=O)c1cn(C2CC2)c2c3c(c(F)cc2c1=O)N1C[C@@H](C)C[C@H]1CNC3. The van der Waals surface area contributed by atoms with Crippen molar-refractivity contribution < 1.29 is 13.9 Å². The van der Waals surface area contributed by atoms with Crippen LogP contribution in [-0.2, 0) is 11.3 Å². The molecular weight excluding hydrogens is 373 g/mol. The molecule has 1 N–H and O–H groups in total. The van der Waals surface area contributed by atoms with E-state index in [4.69, 9.17) is 4.74 Å². The van der Waals surface area contributed by atoms with E-state index in [1.807, 2.05) is 4.57 Å². The molecule has 2 aromatic rings. The Hall–Kier alpha value is -2.41. The number of hydrogen-bond acceptors (Lipinski definition) is 5. The summed E-state index contributed by atoms with van der Waals surface area (Å²) in [7, 11) is 0. The van der Waals surface area contributed by atoms with Crippen molar-refractivity contribution in [3.8, 4) is 0 Å². The van der Waals surface area contributed by atoms with E-state index >= 15 is 4.39 Å². The molecule has 154 valence electrons. The lowest BCUT2D eigenvalue weighted by Gasteiger charge is -2.27. The lowest BCUT2D eigenvalue weighted by atomic mass is 10.0. The van der Waals surface area contributed by atoms with Crippen LogP contribution >= 0.6 is 0 Å². The molecule has 0 bridgehead atoms. The van der Waals surface area contributed by atoms with Gasteiger partial charge < -0.3 is 19.5 Å². The van der Waals surface area contributed by atoms with Gasteiger partial charge in [-0.2, -0.15) is 0 Å². The summed E-state index contributed by atoms with van der Waals surface area (Å²) in [6, 6.07) is 1.83. The molecular formula is C22H26FN3O3. The minimum Gasteiger partial charge on any atom is -0.462 e. The second-order valence-electron chi connectivity index (χ2n) is 8.59. The fraction of sp³-hybridized carbons (Fsp3) is 0.545. The van der Waals surface area contributed by atoms with Crippen molar-refractivity contribution in [3.05, 3.63) is 39.4 Å². The maximum absolute atomic E-state index is 15.4. The van der Waals surface area contributed by atoms with Gasteiger partial charge in [0, 0.05) is 48.9 Å². The number of pyridine rings is 1. The number of esters is 1. The maximum atomic E-state index is 15.4. The molecule has 0 spiro atoms. The summed E-state index contributed by atoms with van der Waals surface area (Å²) in [5.41, 5.74) is 1.74. The highest BCUT2D eigenvalue weighted by Crippen LogP contribution is 2.42. The molecule has 0 unspecified atom stereocenters. The van der Waals surface area contributed by atoms with Gasteiger partial charge in [-0.1, -0.05) is 6.92 Å². The first-order chi connectivity index (χ1) is 14.0. The van der Waals surface area contributed by atoms with Gasteiger partial charge in [0.2, 0.25) is 5.43 Å². The van der Waals surface area contributed by atoms with Crippen LogP contribution in [0.3, 0.4) is 0 Å². The predicted octanol–water partition coefficient (Wildman–Crippen LogP) is 2.97. The van der Waals surface area contributed by atoms with Gasteiger partial charge in [0.15, 0.2) is 0 Å². The minimum absolute atomic E-state index is 0.0140. The van der Waals surface area contributed by atoms with E-state index < -0.39 is 11.4 Å². The highest BCUT2D eigenvalue weighted by molar-refractivity contribution is 5.96. The first-order valence-electron chi connectivity index (χ1n) is 10.5. The molecule has 7 heteroatoms. The number of fused-ring (bicyclic) bond motifs is 5. The average molecular weight is 399 g/mol. The Bertz CT molecular complexity index is 1060. The molecule has 1 aromatic carbocycles. The van der Waals surface area contributed by atoms with Crippen LogP contribution in [0.1, 0.15) is 55.1 Å². The lowest BCUT2D eigenvalue weighted by Crippen LogP contribution is -2.35.